The molecule has 1 aromatic carbocycles. The second kappa shape index (κ2) is 4.75. The predicted molar refractivity (Wildman–Crippen MR) is 60.0 cm³/mol. The molecular formula is C12H9F3N2O2. The summed E-state index contributed by atoms with van der Waals surface area (Å²) >= 11 is 0. The van der Waals surface area contributed by atoms with E-state index in [0.29, 0.717) is 0 Å². The average Bonchev–Trinajstić information content (AvgIpc) is 2.90. The van der Waals surface area contributed by atoms with Crippen LogP contribution in [0.25, 0.3) is 0 Å². The minimum absolute atomic E-state index is 0.0189. The topological polar surface area (TPSA) is 55.0 Å². The fourth-order valence-corrected chi connectivity index (χ4v) is 1.57. The summed E-state index contributed by atoms with van der Waals surface area (Å²) < 4.78 is 42.5. The number of hydrogen-bond acceptors (Lipinski definition) is 3. The highest BCUT2D eigenvalue weighted by atomic mass is 19.4. The number of imidazole rings is 1. The minimum atomic E-state index is -4.49. The minimum Gasteiger partial charge on any atom is -0.496 e. The van der Waals surface area contributed by atoms with Crippen molar-refractivity contribution in [3.63, 3.8) is 0 Å². The lowest BCUT2D eigenvalue weighted by molar-refractivity contribution is -0.137. The number of ketones is 1. The molecule has 7 heteroatoms. The van der Waals surface area contributed by atoms with Crippen molar-refractivity contribution in [2.45, 2.75) is 6.18 Å². The second-order valence-electron chi connectivity index (χ2n) is 3.68. The lowest BCUT2D eigenvalue weighted by Gasteiger charge is -2.11. The van der Waals surface area contributed by atoms with Crippen LogP contribution in [0, 0.1) is 0 Å². The summed E-state index contributed by atoms with van der Waals surface area (Å²) in [7, 11) is 1.20. The molecule has 19 heavy (non-hydrogen) atoms. The molecule has 2 rings (SSSR count). The van der Waals surface area contributed by atoms with Gasteiger partial charge in [0.05, 0.1) is 18.2 Å². The number of H-pyrrole nitrogens is 1. The fraction of sp³-hybridized carbons (Fsp3) is 0.167. The van der Waals surface area contributed by atoms with Gasteiger partial charge in [-0.1, -0.05) is 0 Å². The number of methoxy groups -OCH3 is 1. The Morgan fingerprint density at radius 3 is 2.63 bits per heavy atom. The first kappa shape index (κ1) is 13.1. The maximum Gasteiger partial charge on any atom is 0.416 e. The summed E-state index contributed by atoms with van der Waals surface area (Å²) in [4.78, 5) is 18.3. The summed E-state index contributed by atoms with van der Waals surface area (Å²) in [6.07, 6.45) is -1.66. The van der Waals surface area contributed by atoms with Crippen LogP contribution >= 0.6 is 0 Å². The number of alkyl halides is 3. The van der Waals surface area contributed by atoms with Crippen LogP contribution in [0.5, 0.6) is 5.75 Å². The largest absolute Gasteiger partial charge is 0.496 e. The highest BCUT2D eigenvalue weighted by Gasteiger charge is 2.32. The van der Waals surface area contributed by atoms with Gasteiger partial charge in [0.25, 0.3) is 0 Å². The van der Waals surface area contributed by atoms with Gasteiger partial charge in [-0.2, -0.15) is 13.2 Å². The van der Waals surface area contributed by atoms with E-state index >= 15 is 0 Å². The summed E-state index contributed by atoms with van der Waals surface area (Å²) in [5.74, 6) is -0.634. The fourth-order valence-electron chi connectivity index (χ4n) is 1.57. The Hall–Kier alpha value is -2.31. The molecule has 0 radical (unpaired) electrons. The molecule has 0 saturated heterocycles. The monoisotopic (exact) mass is 270 g/mol. The van der Waals surface area contributed by atoms with E-state index in [1.165, 1.54) is 19.5 Å². The molecule has 1 aromatic heterocycles. The van der Waals surface area contributed by atoms with Crippen LogP contribution in [-0.2, 0) is 6.18 Å². The molecule has 4 nitrogen and oxygen atoms in total. The number of aromatic nitrogens is 2. The zero-order valence-corrected chi connectivity index (χ0v) is 9.78. The quantitative estimate of drug-likeness (QED) is 0.872. The summed E-state index contributed by atoms with van der Waals surface area (Å²) in [5.41, 5.74) is -0.856. The van der Waals surface area contributed by atoms with Crippen molar-refractivity contribution in [2.75, 3.05) is 7.11 Å². The standard InChI is InChI=1S/C12H9F3N2O2/c1-19-9-6-7(12(13,14)15)2-3-8(9)10(18)11-16-4-5-17-11/h2-6H,1H3,(H,16,17). The summed E-state index contributed by atoms with van der Waals surface area (Å²) in [5, 5.41) is 0. The van der Waals surface area contributed by atoms with Gasteiger partial charge in [0.15, 0.2) is 5.82 Å². The maximum absolute atomic E-state index is 12.6. The molecular weight excluding hydrogens is 261 g/mol. The van der Waals surface area contributed by atoms with Gasteiger partial charge in [0.2, 0.25) is 5.78 Å². The smallest absolute Gasteiger partial charge is 0.416 e. The Morgan fingerprint density at radius 2 is 2.11 bits per heavy atom. The molecule has 1 N–H and O–H groups in total. The molecule has 0 amide bonds. The number of halogens is 3. The first-order valence-corrected chi connectivity index (χ1v) is 5.23. The number of benzene rings is 1. The first-order valence-electron chi connectivity index (χ1n) is 5.23. The average molecular weight is 270 g/mol. The van der Waals surface area contributed by atoms with E-state index in [4.69, 9.17) is 4.74 Å². The Labute approximate surface area is 106 Å². The van der Waals surface area contributed by atoms with Gasteiger partial charge in [-0.25, -0.2) is 4.98 Å². The summed E-state index contributed by atoms with van der Waals surface area (Å²) in [6.45, 7) is 0. The molecule has 0 fully saturated rings. The van der Waals surface area contributed by atoms with Gasteiger partial charge in [-0.15, -0.1) is 0 Å². The lowest BCUT2D eigenvalue weighted by Crippen LogP contribution is -2.09. The number of ether oxygens (including phenoxy) is 1. The maximum atomic E-state index is 12.6. The molecule has 0 bridgehead atoms. The molecule has 100 valence electrons. The number of aromatic amines is 1. The van der Waals surface area contributed by atoms with Crippen molar-refractivity contribution in [3.8, 4) is 5.75 Å². The van der Waals surface area contributed by atoms with E-state index in [1.54, 1.807) is 0 Å². The molecule has 0 unspecified atom stereocenters. The van der Waals surface area contributed by atoms with E-state index in [9.17, 15) is 18.0 Å². The van der Waals surface area contributed by atoms with Crippen molar-refractivity contribution in [2.24, 2.45) is 0 Å². The van der Waals surface area contributed by atoms with E-state index < -0.39 is 17.5 Å². The van der Waals surface area contributed by atoms with Crippen LogP contribution in [0.15, 0.2) is 30.6 Å². The van der Waals surface area contributed by atoms with Crippen LogP contribution in [0.4, 0.5) is 13.2 Å². The number of rotatable bonds is 3. The molecule has 0 aliphatic heterocycles. The molecule has 2 aromatic rings. The third-order valence-corrected chi connectivity index (χ3v) is 2.49. The SMILES string of the molecule is COc1cc(C(F)(F)F)ccc1C(=O)c1ncc[nH]1. The van der Waals surface area contributed by atoms with Crippen LogP contribution in [-0.4, -0.2) is 22.9 Å². The molecule has 0 aliphatic carbocycles. The van der Waals surface area contributed by atoms with Gasteiger partial charge in [0, 0.05) is 12.4 Å². The van der Waals surface area contributed by atoms with Crippen molar-refractivity contribution in [1.82, 2.24) is 9.97 Å². The third kappa shape index (κ3) is 2.59. The van der Waals surface area contributed by atoms with Crippen molar-refractivity contribution >= 4 is 5.78 Å². The van der Waals surface area contributed by atoms with Gasteiger partial charge in [-0.3, -0.25) is 4.79 Å². The third-order valence-electron chi connectivity index (χ3n) is 2.49. The van der Waals surface area contributed by atoms with E-state index in [0.717, 1.165) is 18.2 Å². The van der Waals surface area contributed by atoms with Crippen LogP contribution < -0.4 is 4.74 Å². The number of nitrogens with one attached hydrogen (secondary N) is 1. The van der Waals surface area contributed by atoms with Crippen molar-refractivity contribution in [1.29, 1.82) is 0 Å². The van der Waals surface area contributed by atoms with Gasteiger partial charge in [0.1, 0.15) is 5.75 Å². The van der Waals surface area contributed by atoms with Gasteiger partial charge in [-0.05, 0) is 18.2 Å². The molecule has 0 spiro atoms. The highest BCUT2D eigenvalue weighted by molar-refractivity contribution is 6.08. The Balaban J connectivity index is 2.45. The Kier molecular flexibility index (Phi) is 3.28. The molecule has 0 aliphatic rings. The zero-order chi connectivity index (χ0) is 14.0. The Bertz CT molecular complexity index is 592. The number of carbonyl (C=O) groups excluding carboxylic acids is 1. The van der Waals surface area contributed by atoms with Gasteiger partial charge < -0.3 is 9.72 Å². The van der Waals surface area contributed by atoms with Crippen LogP contribution in [0.1, 0.15) is 21.7 Å². The summed E-state index contributed by atoms with van der Waals surface area (Å²) in [6, 6.07) is 2.70. The van der Waals surface area contributed by atoms with Crippen molar-refractivity contribution in [3.05, 3.63) is 47.5 Å². The number of carbonyl (C=O) groups is 1. The molecule has 1 heterocycles. The predicted octanol–water partition coefficient (Wildman–Crippen LogP) is 2.67. The molecule has 0 atom stereocenters. The normalized spacial score (nSPS) is 11.4. The van der Waals surface area contributed by atoms with E-state index in [1.807, 2.05) is 0 Å². The van der Waals surface area contributed by atoms with E-state index in [-0.39, 0.29) is 17.1 Å². The second-order valence-corrected chi connectivity index (χ2v) is 3.68. The Morgan fingerprint density at radius 1 is 1.37 bits per heavy atom. The number of hydrogen-bond donors (Lipinski definition) is 1. The van der Waals surface area contributed by atoms with Crippen LogP contribution in [0.2, 0.25) is 0 Å². The highest BCUT2D eigenvalue weighted by Crippen LogP contribution is 2.33. The molecule has 0 saturated carbocycles. The van der Waals surface area contributed by atoms with Gasteiger partial charge >= 0.3 is 6.18 Å². The van der Waals surface area contributed by atoms with Crippen molar-refractivity contribution < 1.29 is 22.7 Å². The first-order chi connectivity index (χ1) is 8.93. The zero-order valence-electron chi connectivity index (χ0n) is 9.78. The van der Waals surface area contributed by atoms with Crippen LogP contribution in [0.3, 0.4) is 0 Å². The van der Waals surface area contributed by atoms with E-state index in [2.05, 4.69) is 9.97 Å². The lowest BCUT2D eigenvalue weighted by atomic mass is 10.1. The number of nitrogens with zero attached hydrogens (tertiary/aromatic N) is 1.